The molecule has 0 atom stereocenters. The molecule has 0 amide bonds. The average Bonchev–Trinajstić information content (AvgIpc) is 3.20. The molecule has 0 radical (unpaired) electrons. The predicted molar refractivity (Wildman–Crippen MR) is 138 cm³/mol. The largest absolute Gasteiger partial charge is 0.478 e. The summed E-state index contributed by atoms with van der Waals surface area (Å²) in [6.07, 6.45) is 1.78. The van der Waals surface area contributed by atoms with Crippen LogP contribution in [0.5, 0.6) is 0 Å². The third-order valence-electron chi connectivity index (χ3n) is 5.56. The molecule has 0 saturated heterocycles. The van der Waals surface area contributed by atoms with Crippen LogP contribution in [0.4, 0.5) is 5.69 Å². The van der Waals surface area contributed by atoms with E-state index >= 15 is 0 Å². The fourth-order valence-electron chi connectivity index (χ4n) is 4.05. The Morgan fingerprint density at radius 1 is 0.882 bits per heavy atom. The van der Waals surface area contributed by atoms with Crippen LogP contribution in [0.3, 0.4) is 0 Å². The Balaban J connectivity index is 1.66. The highest BCUT2D eigenvalue weighted by Gasteiger charge is 2.18. The first-order chi connectivity index (χ1) is 16.6. The number of hydrogen-bond donors (Lipinski definition) is 2. The molecule has 0 bridgehead atoms. The predicted octanol–water partition coefficient (Wildman–Crippen LogP) is 7.10. The highest BCUT2D eigenvalue weighted by Crippen LogP contribution is 2.35. The number of nitrogens with zero attached hydrogens (tertiary/aromatic N) is 2. The van der Waals surface area contributed by atoms with Gasteiger partial charge in [0.25, 0.3) is 0 Å². The molecule has 0 unspecified atom stereocenters. The van der Waals surface area contributed by atoms with Gasteiger partial charge in [0.05, 0.1) is 33.7 Å². The quantitative estimate of drug-likeness (QED) is 0.208. The van der Waals surface area contributed by atoms with Crippen molar-refractivity contribution < 1.29 is 9.90 Å². The summed E-state index contributed by atoms with van der Waals surface area (Å²) in [5.41, 5.74) is 8.64. The molecule has 5 rings (SSSR count). The van der Waals surface area contributed by atoms with Crippen LogP contribution in [0, 0.1) is 0 Å². The van der Waals surface area contributed by atoms with Gasteiger partial charge in [-0.15, -0.1) is 0 Å². The fraction of sp³-hybridized carbons (Fsp3) is 0. The second kappa shape index (κ2) is 9.25. The third kappa shape index (κ3) is 4.05. The Morgan fingerprint density at radius 2 is 1.56 bits per heavy atom. The van der Waals surface area contributed by atoms with E-state index in [-0.39, 0.29) is 10.6 Å². The number of rotatable bonds is 6. The number of carboxylic acids is 1. The van der Waals surface area contributed by atoms with E-state index in [0.717, 1.165) is 33.4 Å². The smallest absolute Gasteiger partial charge is 0.337 e. The van der Waals surface area contributed by atoms with Crippen molar-refractivity contribution in [1.82, 2.24) is 4.57 Å². The van der Waals surface area contributed by atoms with Crippen molar-refractivity contribution in [2.24, 2.45) is 5.10 Å². The summed E-state index contributed by atoms with van der Waals surface area (Å²) in [6.45, 7) is 0. The number of halogens is 1. The van der Waals surface area contributed by atoms with Gasteiger partial charge in [0.1, 0.15) is 0 Å². The van der Waals surface area contributed by atoms with Crippen LogP contribution in [0.2, 0.25) is 5.02 Å². The number of hydrogen-bond acceptors (Lipinski definition) is 3. The van der Waals surface area contributed by atoms with Crippen molar-refractivity contribution in [2.75, 3.05) is 5.43 Å². The van der Waals surface area contributed by atoms with Gasteiger partial charge in [-0.2, -0.15) is 5.10 Å². The lowest BCUT2D eigenvalue weighted by atomic mass is 10.1. The Hall–Kier alpha value is -4.35. The van der Waals surface area contributed by atoms with E-state index in [1.807, 2.05) is 48.5 Å². The molecule has 0 saturated carbocycles. The molecule has 0 spiro atoms. The van der Waals surface area contributed by atoms with Crippen LogP contribution in [0.25, 0.3) is 27.8 Å². The lowest BCUT2D eigenvalue weighted by Gasteiger charge is -2.12. The molecular weight excluding hydrogens is 446 g/mol. The SMILES string of the molecule is O=C(O)c1cc(N/N=C/c2c(-c3ccccc3)n(-c3ccccc3)c3ccccc23)ccc1Cl. The van der Waals surface area contributed by atoms with Crippen LogP contribution >= 0.6 is 11.6 Å². The standard InChI is InChI=1S/C28H20ClN3O2/c29-25-16-15-20(17-23(25)28(33)34)31-30-18-24-22-13-7-8-14-26(22)32(21-11-5-2-6-12-21)27(24)19-9-3-1-4-10-19/h1-18,31H,(H,33,34)/b30-18+. The molecule has 166 valence electrons. The normalized spacial score (nSPS) is 11.2. The van der Waals surface area contributed by atoms with E-state index < -0.39 is 5.97 Å². The van der Waals surface area contributed by atoms with Gasteiger partial charge in [-0.25, -0.2) is 4.79 Å². The molecule has 1 aromatic heterocycles. The summed E-state index contributed by atoms with van der Waals surface area (Å²) in [7, 11) is 0. The molecule has 0 aliphatic carbocycles. The number of hydrazone groups is 1. The maximum atomic E-state index is 11.4. The van der Waals surface area contributed by atoms with E-state index in [1.54, 1.807) is 18.3 Å². The molecule has 0 fully saturated rings. The summed E-state index contributed by atoms with van der Waals surface area (Å²) in [5.74, 6) is -1.09. The topological polar surface area (TPSA) is 66.6 Å². The number of para-hydroxylation sites is 2. The van der Waals surface area contributed by atoms with E-state index in [0.29, 0.717) is 5.69 Å². The second-order valence-corrected chi connectivity index (χ2v) is 8.09. The van der Waals surface area contributed by atoms with E-state index in [9.17, 15) is 9.90 Å². The van der Waals surface area contributed by atoms with Gasteiger partial charge in [-0.05, 0) is 42.0 Å². The number of benzene rings is 4. The zero-order valence-corrected chi connectivity index (χ0v) is 18.8. The first-order valence-corrected chi connectivity index (χ1v) is 11.1. The van der Waals surface area contributed by atoms with Crippen LogP contribution in [-0.4, -0.2) is 21.9 Å². The highest BCUT2D eigenvalue weighted by molar-refractivity contribution is 6.33. The minimum Gasteiger partial charge on any atom is -0.478 e. The van der Waals surface area contributed by atoms with Gasteiger partial charge < -0.3 is 9.67 Å². The lowest BCUT2D eigenvalue weighted by molar-refractivity contribution is 0.0697. The molecule has 1 heterocycles. The molecule has 4 aromatic carbocycles. The molecule has 5 nitrogen and oxygen atoms in total. The minimum atomic E-state index is -1.09. The summed E-state index contributed by atoms with van der Waals surface area (Å²) in [6, 6.07) is 33.3. The van der Waals surface area contributed by atoms with Crippen molar-refractivity contribution in [2.45, 2.75) is 0 Å². The Kier molecular flexibility index (Phi) is 5.85. The van der Waals surface area contributed by atoms with E-state index in [2.05, 4.69) is 51.5 Å². The molecule has 5 aromatic rings. The van der Waals surface area contributed by atoms with E-state index in [4.69, 9.17) is 11.6 Å². The summed E-state index contributed by atoms with van der Waals surface area (Å²) in [5, 5.41) is 15.0. The number of aromatic carboxylic acids is 1. The van der Waals surface area contributed by atoms with Gasteiger partial charge in [-0.3, -0.25) is 5.43 Å². The lowest BCUT2D eigenvalue weighted by Crippen LogP contribution is -2.00. The van der Waals surface area contributed by atoms with Crippen molar-refractivity contribution in [3.63, 3.8) is 0 Å². The summed E-state index contributed by atoms with van der Waals surface area (Å²) < 4.78 is 2.23. The molecule has 0 aliphatic heterocycles. The summed E-state index contributed by atoms with van der Waals surface area (Å²) >= 11 is 5.99. The van der Waals surface area contributed by atoms with Crippen LogP contribution < -0.4 is 5.43 Å². The third-order valence-corrected chi connectivity index (χ3v) is 5.89. The first kappa shape index (κ1) is 21.5. The van der Waals surface area contributed by atoms with Gasteiger partial charge in [0, 0.05) is 16.6 Å². The van der Waals surface area contributed by atoms with Crippen molar-refractivity contribution in [1.29, 1.82) is 0 Å². The van der Waals surface area contributed by atoms with Crippen molar-refractivity contribution in [3.05, 3.63) is 119 Å². The van der Waals surface area contributed by atoms with Crippen LogP contribution in [0.15, 0.2) is 108 Å². The van der Waals surface area contributed by atoms with Crippen molar-refractivity contribution >= 4 is 40.4 Å². The van der Waals surface area contributed by atoms with Gasteiger partial charge in [0.2, 0.25) is 0 Å². The summed E-state index contributed by atoms with van der Waals surface area (Å²) in [4.78, 5) is 11.4. The molecule has 34 heavy (non-hydrogen) atoms. The van der Waals surface area contributed by atoms with Gasteiger partial charge in [0.15, 0.2) is 0 Å². The number of nitrogens with one attached hydrogen (secondary N) is 1. The van der Waals surface area contributed by atoms with Gasteiger partial charge in [-0.1, -0.05) is 78.3 Å². The molecule has 0 aliphatic rings. The van der Waals surface area contributed by atoms with E-state index in [1.165, 1.54) is 6.07 Å². The van der Waals surface area contributed by atoms with Crippen LogP contribution in [0.1, 0.15) is 15.9 Å². The number of anilines is 1. The number of aromatic nitrogens is 1. The number of carboxylic acid groups (broad SMARTS) is 1. The average molecular weight is 466 g/mol. The Labute approximate surface area is 201 Å². The Bertz CT molecular complexity index is 1510. The number of fused-ring (bicyclic) bond motifs is 1. The molecular formula is C28H20ClN3O2. The molecule has 6 heteroatoms. The highest BCUT2D eigenvalue weighted by atomic mass is 35.5. The maximum absolute atomic E-state index is 11.4. The van der Waals surface area contributed by atoms with Crippen LogP contribution in [-0.2, 0) is 0 Å². The maximum Gasteiger partial charge on any atom is 0.337 e. The molecule has 2 N–H and O–H groups in total. The first-order valence-electron chi connectivity index (χ1n) is 10.7. The fourth-order valence-corrected chi connectivity index (χ4v) is 4.25. The zero-order valence-electron chi connectivity index (χ0n) is 18.0. The minimum absolute atomic E-state index is 0.0209. The number of carbonyl (C=O) groups is 1. The monoisotopic (exact) mass is 465 g/mol. The van der Waals surface area contributed by atoms with Gasteiger partial charge >= 0.3 is 5.97 Å². The Morgan fingerprint density at radius 3 is 2.29 bits per heavy atom. The zero-order chi connectivity index (χ0) is 23.5. The van der Waals surface area contributed by atoms with Crippen molar-refractivity contribution in [3.8, 4) is 16.9 Å². The second-order valence-electron chi connectivity index (χ2n) is 7.69.